The quantitative estimate of drug-likeness (QED) is 0.835. The van der Waals surface area contributed by atoms with Crippen molar-refractivity contribution in [3.63, 3.8) is 0 Å². The molecule has 1 unspecified atom stereocenters. The highest BCUT2D eigenvalue weighted by molar-refractivity contribution is 9.10. The Morgan fingerprint density at radius 3 is 2.74 bits per heavy atom. The summed E-state index contributed by atoms with van der Waals surface area (Å²) in [6.45, 7) is 4.44. The zero-order chi connectivity index (χ0) is 13.6. The summed E-state index contributed by atoms with van der Waals surface area (Å²) in [5, 5.41) is 10.3. The monoisotopic (exact) mass is 319 g/mol. The lowest BCUT2D eigenvalue weighted by atomic mass is 9.75. The molecule has 0 fully saturated rings. The van der Waals surface area contributed by atoms with Gasteiger partial charge in [0.25, 0.3) is 0 Å². The second-order valence-corrected chi connectivity index (χ2v) is 6.95. The second-order valence-electron chi connectivity index (χ2n) is 6.10. The highest BCUT2D eigenvalue weighted by Gasteiger charge is 2.33. The van der Waals surface area contributed by atoms with Crippen LogP contribution in [0.2, 0.25) is 0 Å². The van der Waals surface area contributed by atoms with Crippen molar-refractivity contribution in [1.29, 1.82) is 0 Å². The zero-order valence-corrected chi connectivity index (χ0v) is 12.8. The molecule has 0 spiro atoms. The van der Waals surface area contributed by atoms with Crippen LogP contribution in [0.1, 0.15) is 37.6 Å². The summed E-state index contributed by atoms with van der Waals surface area (Å²) in [4.78, 5) is 0. The summed E-state index contributed by atoms with van der Waals surface area (Å²) in [6, 6.07) is 10.2. The van der Waals surface area contributed by atoms with Crippen LogP contribution in [0, 0.1) is 5.41 Å². The Kier molecular flexibility index (Phi) is 3.06. The molecule has 3 rings (SSSR count). The molecular weight excluding hydrogens is 302 g/mol. The van der Waals surface area contributed by atoms with Gasteiger partial charge >= 0.3 is 0 Å². The van der Waals surface area contributed by atoms with Crippen molar-refractivity contribution in [2.45, 2.75) is 32.8 Å². The van der Waals surface area contributed by atoms with Crippen LogP contribution in [0.3, 0.4) is 0 Å². The molecule has 1 aromatic carbocycles. The number of fused-ring (bicyclic) bond motifs is 1. The van der Waals surface area contributed by atoms with Crippen molar-refractivity contribution in [1.82, 2.24) is 4.57 Å². The third-order valence-corrected chi connectivity index (χ3v) is 4.56. The Morgan fingerprint density at radius 2 is 2.00 bits per heavy atom. The van der Waals surface area contributed by atoms with E-state index in [4.69, 9.17) is 0 Å². The molecule has 1 aliphatic rings. The first-order chi connectivity index (χ1) is 8.98. The molecule has 3 heteroatoms. The molecule has 1 aromatic heterocycles. The minimum Gasteiger partial charge on any atom is -0.388 e. The maximum Gasteiger partial charge on any atom is 0.0812 e. The molecule has 1 aliphatic carbocycles. The van der Waals surface area contributed by atoms with Crippen LogP contribution >= 0.6 is 15.9 Å². The standard InChI is InChI=1S/C16H18BrNO/c1-16(2)9-14-11(15(19)10-16)7-8-18(14)13-6-4-3-5-12(13)17/h3-8,15,19H,9-10H2,1-2H3. The topological polar surface area (TPSA) is 25.2 Å². The minimum absolute atomic E-state index is 0.143. The Morgan fingerprint density at radius 1 is 1.26 bits per heavy atom. The van der Waals surface area contributed by atoms with E-state index in [2.05, 4.69) is 52.7 Å². The van der Waals surface area contributed by atoms with E-state index in [0.717, 1.165) is 28.6 Å². The van der Waals surface area contributed by atoms with Crippen molar-refractivity contribution in [2.75, 3.05) is 0 Å². The number of aliphatic hydroxyl groups excluding tert-OH is 1. The number of hydrogen-bond donors (Lipinski definition) is 1. The third kappa shape index (κ3) is 2.26. The maximum absolute atomic E-state index is 10.3. The molecule has 0 bridgehead atoms. The van der Waals surface area contributed by atoms with Gasteiger partial charge in [-0.05, 0) is 52.4 Å². The van der Waals surface area contributed by atoms with Crippen LogP contribution in [-0.2, 0) is 6.42 Å². The number of benzene rings is 1. The Bertz CT molecular complexity index is 615. The van der Waals surface area contributed by atoms with Gasteiger partial charge in [0.1, 0.15) is 0 Å². The number of para-hydroxylation sites is 1. The van der Waals surface area contributed by atoms with E-state index in [1.807, 2.05) is 18.2 Å². The van der Waals surface area contributed by atoms with Crippen LogP contribution in [0.15, 0.2) is 41.0 Å². The lowest BCUT2D eigenvalue weighted by molar-refractivity contribution is 0.0987. The van der Waals surface area contributed by atoms with Crippen LogP contribution < -0.4 is 0 Å². The fourth-order valence-electron chi connectivity index (χ4n) is 3.00. The summed E-state index contributed by atoms with van der Waals surface area (Å²) in [5.74, 6) is 0. The third-order valence-electron chi connectivity index (χ3n) is 3.89. The summed E-state index contributed by atoms with van der Waals surface area (Å²) >= 11 is 3.61. The van der Waals surface area contributed by atoms with E-state index in [0.29, 0.717) is 0 Å². The van der Waals surface area contributed by atoms with Crippen LogP contribution in [-0.4, -0.2) is 9.67 Å². The number of aromatic nitrogens is 1. The lowest BCUT2D eigenvalue weighted by Crippen LogP contribution is -2.26. The number of nitrogens with zero attached hydrogens (tertiary/aromatic N) is 1. The van der Waals surface area contributed by atoms with E-state index in [9.17, 15) is 5.11 Å². The summed E-state index contributed by atoms with van der Waals surface area (Å²) in [5.41, 5.74) is 3.59. The van der Waals surface area contributed by atoms with Gasteiger partial charge in [-0.15, -0.1) is 0 Å². The highest BCUT2D eigenvalue weighted by Crippen LogP contribution is 2.42. The molecular formula is C16H18BrNO. The van der Waals surface area contributed by atoms with Gasteiger partial charge in [-0.1, -0.05) is 26.0 Å². The van der Waals surface area contributed by atoms with Gasteiger partial charge in [-0.3, -0.25) is 0 Å². The first kappa shape index (κ1) is 12.9. The number of hydrogen-bond acceptors (Lipinski definition) is 1. The first-order valence-electron chi connectivity index (χ1n) is 6.61. The SMILES string of the molecule is CC1(C)Cc2c(ccn2-c2ccccc2Br)C(O)C1. The van der Waals surface area contributed by atoms with E-state index in [-0.39, 0.29) is 11.5 Å². The van der Waals surface area contributed by atoms with Crippen molar-refractivity contribution < 1.29 is 5.11 Å². The van der Waals surface area contributed by atoms with Crippen LogP contribution in [0.25, 0.3) is 5.69 Å². The van der Waals surface area contributed by atoms with E-state index < -0.39 is 0 Å². The molecule has 1 heterocycles. The normalized spacial score (nSPS) is 21.2. The fourth-order valence-corrected chi connectivity index (χ4v) is 3.48. The Balaban J connectivity index is 2.14. The average molecular weight is 320 g/mol. The first-order valence-corrected chi connectivity index (χ1v) is 7.40. The Labute approximate surface area is 122 Å². The lowest BCUT2D eigenvalue weighted by Gasteiger charge is -2.34. The zero-order valence-electron chi connectivity index (χ0n) is 11.2. The average Bonchev–Trinajstić information content (AvgIpc) is 2.72. The molecule has 0 saturated heterocycles. The summed E-state index contributed by atoms with van der Waals surface area (Å²) < 4.78 is 3.27. The van der Waals surface area contributed by atoms with E-state index in [1.54, 1.807) is 0 Å². The highest BCUT2D eigenvalue weighted by atomic mass is 79.9. The Hall–Kier alpha value is -1.06. The number of halogens is 1. The summed E-state index contributed by atoms with van der Waals surface area (Å²) in [6.07, 6.45) is 3.55. The second kappa shape index (κ2) is 4.50. The van der Waals surface area contributed by atoms with Gasteiger partial charge in [0, 0.05) is 21.9 Å². The van der Waals surface area contributed by atoms with Crippen LogP contribution in [0.4, 0.5) is 0 Å². The van der Waals surface area contributed by atoms with Crippen LogP contribution in [0.5, 0.6) is 0 Å². The molecule has 0 amide bonds. The van der Waals surface area contributed by atoms with Gasteiger partial charge in [-0.25, -0.2) is 0 Å². The fraction of sp³-hybridized carbons (Fsp3) is 0.375. The summed E-state index contributed by atoms with van der Waals surface area (Å²) in [7, 11) is 0. The molecule has 1 N–H and O–H groups in total. The van der Waals surface area contributed by atoms with E-state index >= 15 is 0 Å². The molecule has 2 nitrogen and oxygen atoms in total. The van der Waals surface area contributed by atoms with Gasteiger partial charge in [0.05, 0.1) is 11.8 Å². The minimum atomic E-state index is -0.345. The van der Waals surface area contributed by atoms with Gasteiger partial charge in [-0.2, -0.15) is 0 Å². The molecule has 1 atom stereocenters. The molecule has 2 aromatic rings. The van der Waals surface area contributed by atoms with Gasteiger partial charge < -0.3 is 9.67 Å². The molecule has 0 saturated carbocycles. The largest absolute Gasteiger partial charge is 0.388 e. The van der Waals surface area contributed by atoms with E-state index in [1.165, 1.54) is 5.69 Å². The van der Waals surface area contributed by atoms with Gasteiger partial charge in [0.15, 0.2) is 0 Å². The smallest absolute Gasteiger partial charge is 0.0812 e. The van der Waals surface area contributed by atoms with Crippen molar-refractivity contribution >= 4 is 15.9 Å². The predicted octanol–water partition coefficient (Wildman–Crippen LogP) is 4.25. The number of rotatable bonds is 1. The molecule has 0 radical (unpaired) electrons. The maximum atomic E-state index is 10.3. The number of aliphatic hydroxyl groups is 1. The van der Waals surface area contributed by atoms with Crippen molar-refractivity contribution in [2.24, 2.45) is 5.41 Å². The predicted molar refractivity (Wildman–Crippen MR) is 80.5 cm³/mol. The van der Waals surface area contributed by atoms with Crippen molar-refractivity contribution in [3.05, 3.63) is 52.3 Å². The molecule has 19 heavy (non-hydrogen) atoms. The molecule has 100 valence electrons. The van der Waals surface area contributed by atoms with Gasteiger partial charge in [0.2, 0.25) is 0 Å². The van der Waals surface area contributed by atoms with Crippen molar-refractivity contribution in [3.8, 4) is 5.69 Å². The molecule has 0 aliphatic heterocycles.